The van der Waals surface area contributed by atoms with E-state index in [1.165, 1.54) is 11.8 Å². The third-order valence-corrected chi connectivity index (χ3v) is 6.28. The molecule has 0 spiro atoms. The zero-order valence-corrected chi connectivity index (χ0v) is 21.8. The maximum Gasteiger partial charge on any atom is 0.191 e. The van der Waals surface area contributed by atoms with E-state index in [1.54, 1.807) is 7.05 Å². The first kappa shape index (κ1) is 28.1. The van der Waals surface area contributed by atoms with Gasteiger partial charge in [0.2, 0.25) is 0 Å². The van der Waals surface area contributed by atoms with Crippen molar-refractivity contribution in [1.29, 1.82) is 0 Å². The minimum atomic E-state index is -2.96. The Bertz CT molecular complexity index is 707. The van der Waals surface area contributed by atoms with Gasteiger partial charge >= 0.3 is 0 Å². The van der Waals surface area contributed by atoms with E-state index in [2.05, 4.69) is 66.0 Å². The molecule has 6 nitrogen and oxygen atoms in total. The summed E-state index contributed by atoms with van der Waals surface area (Å²) in [6, 6.07) is 10.7. The van der Waals surface area contributed by atoms with Crippen LogP contribution in [-0.4, -0.2) is 51.6 Å². The lowest BCUT2D eigenvalue weighted by Crippen LogP contribution is -2.56. The number of hydrogen-bond acceptors (Lipinski definition) is 4. The number of nitrogens with zero attached hydrogens (tertiary/aromatic N) is 1. The Balaban J connectivity index is 0.00000784. The molecule has 0 aliphatic rings. The van der Waals surface area contributed by atoms with Gasteiger partial charge in [0.25, 0.3) is 0 Å². The molecule has 29 heavy (non-hydrogen) atoms. The second-order valence-electron chi connectivity index (χ2n) is 7.65. The molecule has 0 aliphatic carbocycles. The van der Waals surface area contributed by atoms with Gasteiger partial charge in [-0.1, -0.05) is 44.2 Å². The monoisotopic (exact) mass is 538 g/mol. The van der Waals surface area contributed by atoms with Crippen LogP contribution in [-0.2, 0) is 9.84 Å². The molecule has 0 heterocycles. The van der Waals surface area contributed by atoms with E-state index in [0.717, 1.165) is 19.4 Å². The number of sulfone groups is 1. The minimum Gasteiger partial charge on any atom is -0.355 e. The van der Waals surface area contributed by atoms with Crippen molar-refractivity contribution in [3.63, 3.8) is 0 Å². The predicted molar refractivity (Wildman–Crippen MR) is 135 cm³/mol. The van der Waals surface area contributed by atoms with Gasteiger partial charge in [-0.05, 0) is 38.7 Å². The van der Waals surface area contributed by atoms with Crippen LogP contribution in [0.1, 0.15) is 58.6 Å². The summed E-state index contributed by atoms with van der Waals surface area (Å²) in [5.41, 5.74) is 1.20. The molecule has 1 aromatic rings. The lowest BCUT2D eigenvalue weighted by molar-refractivity contribution is 0.271. The van der Waals surface area contributed by atoms with Crippen molar-refractivity contribution < 1.29 is 8.42 Å². The van der Waals surface area contributed by atoms with Crippen LogP contribution in [0.15, 0.2) is 35.3 Å². The van der Waals surface area contributed by atoms with Gasteiger partial charge in [-0.2, -0.15) is 0 Å². The lowest BCUT2D eigenvalue weighted by Gasteiger charge is -2.37. The second-order valence-corrected chi connectivity index (χ2v) is 9.91. The smallest absolute Gasteiger partial charge is 0.191 e. The third kappa shape index (κ3) is 10.6. The van der Waals surface area contributed by atoms with Gasteiger partial charge in [0.05, 0.1) is 5.75 Å². The van der Waals surface area contributed by atoms with Gasteiger partial charge in [-0.15, -0.1) is 24.0 Å². The molecule has 0 aliphatic heterocycles. The molecule has 2 atom stereocenters. The highest BCUT2D eigenvalue weighted by molar-refractivity contribution is 14.0. The van der Waals surface area contributed by atoms with Crippen LogP contribution in [0.5, 0.6) is 0 Å². The van der Waals surface area contributed by atoms with Crippen molar-refractivity contribution in [3.05, 3.63) is 35.9 Å². The number of aliphatic imine (C=N–C) groups is 1. The summed E-state index contributed by atoms with van der Waals surface area (Å²) in [5, 5.41) is 10.5. The molecule has 0 saturated heterocycles. The highest BCUT2D eigenvalue weighted by atomic mass is 127. The van der Waals surface area contributed by atoms with Gasteiger partial charge in [-0.3, -0.25) is 4.99 Å². The highest BCUT2D eigenvalue weighted by Crippen LogP contribution is 2.21. The Morgan fingerprint density at radius 2 is 1.72 bits per heavy atom. The van der Waals surface area contributed by atoms with E-state index >= 15 is 0 Å². The summed E-state index contributed by atoms with van der Waals surface area (Å²) in [5.74, 6) is 0.865. The summed E-state index contributed by atoms with van der Waals surface area (Å²) in [6.45, 7) is 9.29. The van der Waals surface area contributed by atoms with Crippen molar-refractivity contribution in [3.8, 4) is 0 Å². The molecule has 0 aromatic heterocycles. The fourth-order valence-corrected chi connectivity index (χ4v) is 3.97. The van der Waals surface area contributed by atoms with Gasteiger partial charge in [0.15, 0.2) is 5.96 Å². The van der Waals surface area contributed by atoms with E-state index in [1.807, 2.05) is 13.0 Å². The highest BCUT2D eigenvalue weighted by Gasteiger charge is 2.28. The fraction of sp³-hybridized carbons (Fsp3) is 0.667. The minimum absolute atomic E-state index is 0. The van der Waals surface area contributed by atoms with Crippen molar-refractivity contribution in [2.24, 2.45) is 4.99 Å². The Morgan fingerprint density at radius 3 is 2.21 bits per heavy atom. The molecule has 1 rings (SSSR count). The van der Waals surface area contributed by atoms with Crippen LogP contribution in [0.3, 0.4) is 0 Å². The summed E-state index contributed by atoms with van der Waals surface area (Å²) >= 11 is 0. The molecule has 1 aromatic carbocycles. The largest absolute Gasteiger partial charge is 0.355 e. The number of hydrogen-bond donors (Lipinski definition) is 3. The van der Waals surface area contributed by atoms with E-state index < -0.39 is 9.84 Å². The number of guanidine groups is 1. The van der Waals surface area contributed by atoms with Crippen molar-refractivity contribution in [1.82, 2.24) is 16.0 Å². The lowest BCUT2D eigenvalue weighted by atomic mass is 9.90. The topological polar surface area (TPSA) is 82.6 Å². The van der Waals surface area contributed by atoms with Crippen LogP contribution >= 0.6 is 24.0 Å². The molecule has 8 heteroatoms. The Hall–Kier alpha value is -0.870. The van der Waals surface area contributed by atoms with E-state index in [4.69, 9.17) is 0 Å². The maximum absolute atomic E-state index is 11.4. The van der Waals surface area contributed by atoms with Gasteiger partial charge in [-0.25, -0.2) is 8.42 Å². The zero-order valence-electron chi connectivity index (χ0n) is 18.7. The number of rotatable bonds is 11. The van der Waals surface area contributed by atoms with E-state index in [0.29, 0.717) is 12.4 Å². The van der Waals surface area contributed by atoms with Crippen LogP contribution in [0.4, 0.5) is 0 Å². The molecule has 0 fully saturated rings. The third-order valence-electron chi connectivity index (χ3n) is 5.30. The number of nitrogens with one attached hydrogen (secondary N) is 3. The van der Waals surface area contributed by atoms with Crippen LogP contribution in [0.2, 0.25) is 0 Å². The first-order valence-electron chi connectivity index (χ1n) is 10.1. The maximum atomic E-state index is 11.4. The summed E-state index contributed by atoms with van der Waals surface area (Å²) in [7, 11) is -1.22. The summed E-state index contributed by atoms with van der Waals surface area (Å²) in [4.78, 5) is 4.30. The average molecular weight is 539 g/mol. The molecule has 168 valence electrons. The predicted octanol–water partition coefficient (Wildman–Crippen LogP) is 3.50. The Labute approximate surface area is 194 Å². The second kappa shape index (κ2) is 13.4. The molecule has 0 saturated carbocycles. The Kier molecular flexibility index (Phi) is 13.0. The van der Waals surface area contributed by atoms with E-state index in [9.17, 15) is 8.42 Å². The number of halogens is 1. The van der Waals surface area contributed by atoms with E-state index in [-0.39, 0.29) is 47.4 Å². The van der Waals surface area contributed by atoms with Gasteiger partial charge in [0.1, 0.15) is 9.84 Å². The van der Waals surface area contributed by atoms with Crippen molar-refractivity contribution >= 4 is 39.8 Å². The van der Waals surface area contributed by atoms with Crippen LogP contribution in [0, 0.1) is 0 Å². The molecule has 0 bridgehead atoms. The quantitative estimate of drug-likeness (QED) is 0.228. The van der Waals surface area contributed by atoms with Crippen LogP contribution < -0.4 is 16.0 Å². The van der Waals surface area contributed by atoms with Crippen molar-refractivity contribution in [2.45, 2.75) is 64.6 Å². The molecule has 0 amide bonds. The SMILES string of the molecule is CCC(CC)(CNC(=NC)NC(C)CCS(C)(=O)=O)NC(C)c1ccccc1.I. The molecule has 0 radical (unpaired) electrons. The van der Waals surface area contributed by atoms with Crippen molar-refractivity contribution in [2.75, 3.05) is 25.6 Å². The first-order chi connectivity index (χ1) is 13.1. The fourth-order valence-electron chi connectivity index (χ4n) is 3.18. The summed E-state index contributed by atoms with van der Waals surface area (Å²) in [6.07, 6.45) is 3.78. The number of benzene rings is 1. The Morgan fingerprint density at radius 1 is 1.14 bits per heavy atom. The molecular weight excluding hydrogens is 499 g/mol. The van der Waals surface area contributed by atoms with Crippen LogP contribution in [0.25, 0.3) is 0 Å². The molecule has 2 unspecified atom stereocenters. The summed E-state index contributed by atoms with van der Waals surface area (Å²) < 4.78 is 22.7. The normalized spacial score (nSPS) is 14.6. The average Bonchev–Trinajstić information content (AvgIpc) is 2.68. The van der Waals surface area contributed by atoms with Gasteiger partial charge in [0, 0.05) is 37.5 Å². The standard InChI is InChI=1S/C21H38N4O2S.HI/c1-7-21(8-2,25-18(4)19-12-10-9-11-13-19)16-23-20(22-5)24-17(3)14-15-28(6,26)27;/h9-13,17-18,25H,7-8,14-16H2,1-6H3,(H2,22,23,24);1H. The zero-order chi connectivity index (χ0) is 21.2. The first-order valence-corrected chi connectivity index (χ1v) is 12.2. The van der Waals surface area contributed by atoms with Gasteiger partial charge < -0.3 is 16.0 Å². The molecule has 3 N–H and O–H groups in total. The molecular formula is C21H39IN4O2S.